The van der Waals surface area contributed by atoms with Crippen LogP contribution in [0, 0.1) is 0 Å². The van der Waals surface area contributed by atoms with Gasteiger partial charge in [0.15, 0.2) is 0 Å². The van der Waals surface area contributed by atoms with E-state index < -0.39 is 0 Å². The van der Waals surface area contributed by atoms with Gasteiger partial charge in [-0.1, -0.05) is 6.07 Å². The molecule has 1 aliphatic heterocycles. The van der Waals surface area contributed by atoms with Crippen LogP contribution in [0.5, 0.6) is 0 Å². The second-order valence-electron chi connectivity index (χ2n) is 5.74. The molecule has 24 heavy (non-hydrogen) atoms. The number of aromatic nitrogens is 2. The Kier molecular flexibility index (Phi) is 4.17. The summed E-state index contributed by atoms with van der Waals surface area (Å²) in [6.45, 7) is 1.69. The lowest BCUT2D eigenvalue weighted by Gasteiger charge is -2.12. The van der Waals surface area contributed by atoms with E-state index >= 15 is 0 Å². The van der Waals surface area contributed by atoms with Crippen LogP contribution >= 0.6 is 22.7 Å². The van der Waals surface area contributed by atoms with Crippen LogP contribution in [-0.4, -0.2) is 34.6 Å². The molecule has 1 amide bonds. The van der Waals surface area contributed by atoms with Gasteiger partial charge < -0.3 is 10.6 Å². The lowest BCUT2D eigenvalue weighted by molar-refractivity contribution is -0.122. The van der Waals surface area contributed by atoms with Crippen LogP contribution in [0.4, 0.5) is 0 Å². The predicted octanol–water partition coefficient (Wildman–Crippen LogP) is 1.66. The number of carbonyl (C=O) groups excluding carboxylic acids is 1. The molecule has 0 radical (unpaired) electrons. The highest BCUT2D eigenvalue weighted by Crippen LogP contribution is 2.33. The summed E-state index contributed by atoms with van der Waals surface area (Å²) >= 11 is 3.04. The quantitative estimate of drug-likeness (QED) is 0.742. The first-order valence-electron chi connectivity index (χ1n) is 7.73. The maximum atomic E-state index is 12.8. The molecular weight excluding hydrogens is 344 g/mol. The minimum atomic E-state index is -0.163. The third-order valence-electron chi connectivity index (χ3n) is 4.09. The summed E-state index contributed by atoms with van der Waals surface area (Å²) in [7, 11) is 0. The number of amides is 1. The fourth-order valence-electron chi connectivity index (χ4n) is 2.90. The molecule has 1 atom stereocenters. The number of fused-ring (bicyclic) bond motifs is 1. The Morgan fingerprint density at radius 3 is 3.12 bits per heavy atom. The van der Waals surface area contributed by atoms with Crippen LogP contribution in [0.15, 0.2) is 34.0 Å². The smallest absolute Gasteiger partial charge is 0.263 e. The van der Waals surface area contributed by atoms with Crippen molar-refractivity contribution in [3.8, 4) is 10.4 Å². The predicted molar refractivity (Wildman–Crippen MR) is 96.6 cm³/mol. The number of nitrogens with zero attached hydrogens (tertiary/aromatic N) is 2. The van der Waals surface area contributed by atoms with Crippen molar-refractivity contribution in [1.82, 2.24) is 20.2 Å². The van der Waals surface area contributed by atoms with Crippen molar-refractivity contribution in [2.75, 3.05) is 13.1 Å². The normalized spacial score (nSPS) is 17.4. The highest BCUT2D eigenvalue weighted by atomic mass is 32.1. The topological polar surface area (TPSA) is 76.0 Å². The number of thiophene rings is 2. The molecule has 124 valence electrons. The van der Waals surface area contributed by atoms with Crippen LogP contribution in [0.1, 0.15) is 6.42 Å². The lowest BCUT2D eigenvalue weighted by Crippen LogP contribution is -2.39. The van der Waals surface area contributed by atoms with Crippen LogP contribution in [0.2, 0.25) is 0 Å². The average Bonchev–Trinajstić information content (AvgIpc) is 3.29. The third-order valence-corrected chi connectivity index (χ3v) is 5.88. The SMILES string of the molecule is O=C(Cn1cnc2scc(-c3cccs3)c2c1=O)NC1CCNC1. The molecule has 0 aromatic carbocycles. The average molecular weight is 360 g/mol. The standard InChI is InChI=1S/C16H16N4O2S2/c21-13(19-10-3-4-17-6-10)7-20-9-18-15-14(16(20)22)11(8-24-15)12-2-1-5-23-12/h1-2,5,8-10,17H,3-4,6-7H2,(H,19,21). The Morgan fingerprint density at radius 1 is 1.46 bits per heavy atom. The van der Waals surface area contributed by atoms with E-state index in [4.69, 9.17) is 0 Å². The van der Waals surface area contributed by atoms with Gasteiger partial charge in [0.2, 0.25) is 5.91 Å². The summed E-state index contributed by atoms with van der Waals surface area (Å²) in [5, 5.41) is 10.7. The molecule has 0 bridgehead atoms. The maximum absolute atomic E-state index is 12.8. The summed E-state index contributed by atoms with van der Waals surface area (Å²) in [5.41, 5.74) is 0.738. The van der Waals surface area contributed by atoms with Crippen molar-refractivity contribution in [3.63, 3.8) is 0 Å². The molecule has 1 fully saturated rings. The van der Waals surface area contributed by atoms with E-state index in [0.29, 0.717) is 10.2 Å². The number of rotatable bonds is 4. The molecule has 3 aromatic heterocycles. The number of hydrogen-bond acceptors (Lipinski definition) is 6. The fourth-order valence-corrected chi connectivity index (χ4v) is 4.62. The number of nitrogens with one attached hydrogen (secondary N) is 2. The highest BCUT2D eigenvalue weighted by Gasteiger charge is 2.18. The first-order chi connectivity index (χ1) is 11.7. The second kappa shape index (κ2) is 6.46. The van der Waals surface area contributed by atoms with Crippen molar-refractivity contribution in [3.05, 3.63) is 39.6 Å². The summed E-state index contributed by atoms with van der Waals surface area (Å²) in [4.78, 5) is 31.1. The van der Waals surface area contributed by atoms with Crippen LogP contribution in [-0.2, 0) is 11.3 Å². The van der Waals surface area contributed by atoms with Gasteiger partial charge in [-0.2, -0.15) is 0 Å². The van der Waals surface area contributed by atoms with Gasteiger partial charge in [0, 0.05) is 28.4 Å². The van der Waals surface area contributed by atoms with Gasteiger partial charge >= 0.3 is 0 Å². The minimum absolute atomic E-state index is 0.00198. The van der Waals surface area contributed by atoms with Crippen LogP contribution in [0.3, 0.4) is 0 Å². The molecule has 1 saturated heterocycles. The largest absolute Gasteiger partial charge is 0.350 e. The molecule has 0 spiro atoms. The fraction of sp³-hybridized carbons (Fsp3) is 0.312. The summed E-state index contributed by atoms with van der Waals surface area (Å²) in [5.74, 6) is -0.153. The van der Waals surface area contributed by atoms with E-state index in [1.54, 1.807) is 11.3 Å². The Hall–Kier alpha value is -2.03. The molecule has 0 aliphatic carbocycles. The molecule has 4 rings (SSSR count). The molecule has 1 unspecified atom stereocenters. The van der Waals surface area contributed by atoms with Gasteiger partial charge in [0.05, 0.1) is 11.7 Å². The molecule has 4 heterocycles. The Balaban J connectivity index is 1.64. The summed E-state index contributed by atoms with van der Waals surface area (Å²) in [6.07, 6.45) is 2.39. The minimum Gasteiger partial charge on any atom is -0.350 e. The molecule has 8 heteroatoms. The van der Waals surface area contributed by atoms with E-state index in [1.807, 2.05) is 22.9 Å². The molecule has 0 saturated carbocycles. The molecule has 6 nitrogen and oxygen atoms in total. The van der Waals surface area contributed by atoms with Crippen LogP contribution < -0.4 is 16.2 Å². The Labute approximate surface area is 146 Å². The van der Waals surface area contributed by atoms with E-state index in [-0.39, 0.29) is 24.1 Å². The van der Waals surface area contributed by atoms with Crippen molar-refractivity contribution in [1.29, 1.82) is 0 Å². The Morgan fingerprint density at radius 2 is 2.38 bits per heavy atom. The van der Waals surface area contributed by atoms with E-state index in [9.17, 15) is 9.59 Å². The van der Waals surface area contributed by atoms with Crippen LogP contribution in [0.25, 0.3) is 20.7 Å². The zero-order valence-corrected chi connectivity index (χ0v) is 14.5. The van der Waals surface area contributed by atoms with Crippen molar-refractivity contribution < 1.29 is 4.79 Å². The third kappa shape index (κ3) is 2.88. The monoisotopic (exact) mass is 360 g/mol. The van der Waals surface area contributed by atoms with Gasteiger partial charge in [-0.3, -0.25) is 14.2 Å². The van der Waals surface area contributed by atoms with Crippen molar-refractivity contribution >= 4 is 38.8 Å². The summed E-state index contributed by atoms with van der Waals surface area (Å²) in [6, 6.07) is 4.09. The first-order valence-corrected chi connectivity index (χ1v) is 9.49. The molecule has 1 aliphatic rings. The lowest BCUT2D eigenvalue weighted by atomic mass is 10.2. The van der Waals surface area contributed by atoms with Gasteiger partial charge in [-0.05, 0) is 24.4 Å². The maximum Gasteiger partial charge on any atom is 0.263 e. The second-order valence-corrected chi connectivity index (χ2v) is 7.55. The Bertz CT molecular complexity index is 923. The van der Waals surface area contributed by atoms with E-state index in [2.05, 4.69) is 15.6 Å². The van der Waals surface area contributed by atoms with Gasteiger partial charge in [-0.25, -0.2) is 4.98 Å². The molecule has 3 aromatic rings. The number of carbonyl (C=O) groups is 1. The zero-order valence-electron chi connectivity index (χ0n) is 12.8. The van der Waals surface area contributed by atoms with Crippen molar-refractivity contribution in [2.24, 2.45) is 0 Å². The highest BCUT2D eigenvalue weighted by molar-refractivity contribution is 7.18. The zero-order chi connectivity index (χ0) is 16.5. The first kappa shape index (κ1) is 15.5. The van der Waals surface area contributed by atoms with Crippen molar-refractivity contribution in [2.45, 2.75) is 19.0 Å². The van der Waals surface area contributed by atoms with E-state index in [0.717, 1.165) is 30.0 Å². The number of hydrogen-bond donors (Lipinski definition) is 2. The van der Waals surface area contributed by atoms with Gasteiger partial charge in [-0.15, -0.1) is 22.7 Å². The van der Waals surface area contributed by atoms with Gasteiger partial charge in [0.25, 0.3) is 5.56 Å². The molecule has 2 N–H and O–H groups in total. The van der Waals surface area contributed by atoms with E-state index in [1.165, 1.54) is 22.2 Å². The molecular formula is C16H16N4O2S2. The van der Waals surface area contributed by atoms with Gasteiger partial charge in [0.1, 0.15) is 11.4 Å². The summed E-state index contributed by atoms with van der Waals surface area (Å²) < 4.78 is 1.39.